The average molecular weight is 603 g/mol. The van der Waals surface area contributed by atoms with Gasteiger partial charge < -0.3 is 9.80 Å². The molecule has 2 heteroatoms. The van der Waals surface area contributed by atoms with Crippen LogP contribution >= 0.6 is 0 Å². The van der Waals surface area contributed by atoms with Crippen molar-refractivity contribution < 1.29 is 0 Å². The molecule has 0 radical (unpaired) electrons. The molecule has 1 aliphatic heterocycles. The van der Waals surface area contributed by atoms with Crippen LogP contribution in [0.1, 0.15) is 233 Å². The summed E-state index contributed by atoms with van der Waals surface area (Å²) < 4.78 is 0. The number of unbranched alkanes of at least 4 members (excludes halogenated alkanes) is 29. The maximum absolute atomic E-state index is 2.70. The Morgan fingerprint density at radius 1 is 0.302 bits per heavy atom. The number of rotatable bonds is 35. The van der Waals surface area contributed by atoms with Crippen molar-refractivity contribution in [3.8, 4) is 0 Å². The summed E-state index contributed by atoms with van der Waals surface area (Å²) in [5, 5.41) is 0. The van der Waals surface area contributed by atoms with Gasteiger partial charge in [0.05, 0.1) is 0 Å². The standard InChI is InChI=1S/C41H82N2/c1-4-7-10-13-15-17-19-20-21-22-23-24-26-28-30-32-35-38-43-40-39-42(41(43)36-33-12-9-6-3)37-34-31-29-27-25-18-16-14-11-8-5-2/h39-41H,4-38H2,1-3H3. The molecule has 0 spiro atoms. The Labute approximate surface area is 273 Å². The summed E-state index contributed by atoms with van der Waals surface area (Å²) >= 11 is 0. The topological polar surface area (TPSA) is 6.48 Å². The summed E-state index contributed by atoms with van der Waals surface area (Å²) in [6, 6.07) is 0. The molecule has 43 heavy (non-hydrogen) atoms. The second kappa shape index (κ2) is 32.7. The van der Waals surface area contributed by atoms with E-state index < -0.39 is 0 Å². The van der Waals surface area contributed by atoms with Gasteiger partial charge in [0, 0.05) is 25.5 Å². The molecule has 0 aliphatic carbocycles. The van der Waals surface area contributed by atoms with Gasteiger partial charge in [0.25, 0.3) is 0 Å². The summed E-state index contributed by atoms with van der Waals surface area (Å²) in [6.07, 6.45) is 52.9. The Morgan fingerprint density at radius 3 is 0.814 bits per heavy atom. The lowest BCUT2D eigenvalue weighted by Gasteiger charge is -2.33. The molecule has 0 bridgehead atoms. The Balaban J connectivity index is 2.05. The summed E-state index contributed by atoms with van der Waals surface area (Å²) in [7, 11) is 0. The number of nitrogens with zero attached hydrogens (tertiary/aromatic N) is 2. The van der Waals surface area contributed by atoms with E-state index in [2.05, 4.69) is 43.0 Å². The van der Waals surface area contributed by atoms with Gasteiger partial charge in [0.1, 0.15) is 6.17 Å². The second-order valence-electron chi connectivity index (χ2n) is 14.3. The van der Waals surface area contributed by atoms with Gasteiger partial charge in [-0.05, 0) is 25.7 Å². The first-order valence-electron chi connectivity index (χ1n) is 20.5. The Morgan fingerprint density at radius 2 is 0.535 bits per heavy atom. The molecule has 0 aromatic heterocycles. The van der Waals surface area contributed by atoms with E-state index in [0.29, 0.717) is 6.17 Å². The van der Waals surface area contributed by atoms with Crippen LogP contribution in [0.3, 0.4) is 0 Å². The minimum atomic E-state index is 0.640. The maximum atomic E-state index is 2.70. The van der Waals surface area contributed by atoms with Crippen molar-refractivity contribution in [2.24, 2.45) is 0 Å². The smallest absolute Gasteiger partial charge is 0.101 e. The maximum Gasteiger partial charge on any atom is 0.101 e. The molecule has 0 saturated carbocycles. The fourth-order valence-electron chi connectivity index (χ4n) is 7.07. The van der Waals surface area contributed by atoms with E-state index in [-0.39, 0.29) is 0 Å². The van der Waals surface area contributed by atoms with Crippen molar-refractivity contribution in [1.29, 1.82) is 0 Å². The highest BCUT2D eigenvalue weighted by Crippen LogP contribution is 2.24. The van der Waals surface area contributed by atoms with Crippen molar-refractivity contribution in [1.82, 2.24) is 9.80 Å². The molecule has 1 atom stereocenters. The van der Waals surface area contributed by atoms with Crippen molar-refractivity contribution in [3.05, 3.63) is 12.4 Å². The highest BCUT2D eigenvalue weighted by Gasteiger charge is 2.24. The average Bonchev–Trinajstić information content (AvgIpc) is 3.40. The van der Waals surface area contributed by atoms with Crippen LogP contribution < -0.4 is 0 Å². The predicted molar refractivity (Wildman–Crippen MR) is 196 cm³/mol. The van der Waals surface area contributed by atoms with E-state index in [1.54, 1.807) is 0 Å². The molecule has 0 aromatic rings. The lowest BCUT2D eigenvalue weighted by Crippen LogP contribution is -2.39. The zero-order valence-corrected chi connectivity index (χ0v) is 30.4. The van der Waals surface area contributed by atoms with E-state index in [1.165, 1.54) is 225 Å². The van der Waals surface area contributed by atoms with Crippen LogP contribution in [0, 0.1) is 0 Å². The van der Waals surface area contributed by atoms with Crippen LogP contribution in [0.5, 0.6) is 0 Å². The molecule has 0 aromatic carbocycles. The zero-order valence-electron chi connectivity index (χ0n) is 30.4. The summed E-state index contributed by atoms with van der Waals surface area (Å²) in [5.41, 5.74) is 0. The van der Waals surface area contributed by atoms with Gasteiger partial charge in [0.2, 0.25) is 0 Å². The van der Waals surface area contributed by atoms with Crippen LogP contribution in [-0.2, 0) is 0 Å². The van der Waals surface area contributed by atoms with Gasteiger partial charge in [-0.3, -0.25) is 0 Å². The minimum Gasteiger partial charge on any atom is -0.356 e. The first-order valence-corrected chi connectivity index (χ1v) is 20.5. The third kappa shape index (κ3) is 25.2. The van der Waals surface area contributed by atoms with E-state index in [1.807, 2.05) is 0 Å². The molecule has 1 unspecified atom stereocenters. The fourth-order valence-corrected chi connectivity index (χ4v) is 7.07. The fraction of sp³-hybridized carbons (Fsp3) is 0.951. The second-order valence-corrected chi connectivity index (χ2v) is 14.3. The van der Waals surface area contributed by atoms with Crippen LogP contribution in [0.2, 0.25) is 0 Å². The highest BCUT2D eigenvalue weighted by molar-refractivity contribution is 4.97. The molecule has 1 rings (SSSR count). The highest BCUT2D eigenvalue weighted by atomic mass is 15.4. The molecule has 0 amide bonds. The molecule has 0 N–H and O–H groups in total. The largest absolute Gasteiger partial charge is 0.356 e. The first kappa shape index (κ1) is 40.4. The predicted octanol–water partition coefficient (Wildman–Crippen LogP) is 14.3. The van der Waals surface area contributed by atoms with Crippen molar-refractivity contribution in [2.45, 2.75) is 239 Å². The van der Waals surface area contributed by atoms with Gasteiger partial charge in [-0.25, -0.2) is 0 Å². The Hall–Kier alpha value is -0.660. The van der Waals surface area contributed by atoms with Crippen LogP contribution in [0.25, 0.3) is 0 Å². The van der Waals surface area contributed by atoms with Crippen molar-refractivity contribution in [3.63, 3.8) is 0 Å². The molecular formula is C41H82N2. The molecule has 1 aliphatic rings. The molecule has 0 saturated heterocycles. The van der Waals surface area contributed by atoms with E-state index in [9.17, 15) is 0 Å². The Kier molecular flexibility index (Phi) is 30.7. The minimum absolute atomic E-state index is 0.640. The monoisotopic (exact) mass is 603 g/mol. The summed E-state index contributed by atoms with van der Waals surface area (Å²) in [4.78, 5) is 5.41. The normalized spacial score (nSPS) is 14.9. The van der Waals surface area contributed by atoms with Crippen molar-refractivity contribution in [2.75, 3.05) is 13.1 Å². The number of hydrogen-bond donors (Lipinski definition) is 0. The Bertz CT molecular complexity index is 558. The molecule has 0 fully saturated rings. The number of hydrogen-bond acceptors (Lipinski definition) is 2. The quantitative estimate of drug-likeness (QED) is 0.0666. The lowest BCUT2D eigenvalue weighted by atomic mass is 10.0. The molecule has 2 nitrogen and oxygen atoms in total. The molecule has 256 valence electrons. The lowest BCUT2D eigenvalue weighted by molar-refractivity contribution is 0.135. The van der Waals surface area contributed by atoms with Crippen LogP contribution in [0.15, 0.2) is 12.4 Å². The van der Waals surface area contributed by atoms with Gasteiger partial charge in [-0.1, -0.05) is 207 Å². The van der Waals surface area contributed by atoms with Gasteiger partial charge in [0.15, 0.2) is 0 Å². The zero-order chi connectivity index (χ0) is 30.9. The van der Waals surface area contributed by atoms with Crippen LogP contribution in [0.4, 0.5) is 0 Å². The van der Waals surface area contributed by atoms with E-state index in [4.69, 9.17) is 0 Å². The SMILES string of the molecule is CCCCCCCCCCCCCCCCCCCN1C=CN(CCCCCCCCCCCCC)C1CCCCCC. The third-order valence-corrected chi connectivity index (χ3v) is 10.1. The third-order valence-electron chi connectivity index (χ3n) is 10.1. The summed E-state index contributed by atoms with van der Waals surface area (Å²) in [5.74, 6) is 0. The summed E-state index contributed by atoms with van der Waals surface area (Å²) in [6.45, 7) is 9.49. The van der Waals surface area contributed by atoms with Gasteiger partial charge >= 0.3 is 0 Å². The molecule has 1 heterocycles. The first-order chi connectivity index (χ1) is 21.3. The van der Waals surface area contributed by atoms with Crippen molar-refractivity contribution >= 4 is 0 Å². The molecular weight excluding hydrogens is 520 g/mol. The van der Waals surface area contributed by atoms with Crippen LogP contribution in [-0.4, -0.2) is 29.1 Å². The van der Waals surface area contributed by atoms with Gasteiger partial charge in [-0.2, -0.15) is 0 Å². The van der Waals surface area contributed by atoms with E-state index in [0.717, 1.165) is 0 Å². The van der Waals surface area contributed by atoms with E-state index >= 15 is 0 Å². The van der Waals surface area contributed by atoms with Gasteiger partial charge in [-0.15, -0.1) is 0 Å².